The number of carbonyl (C=O) groups excluding carboxylic acids is 1. The zero-order chi connectivity index (χ0) is 16.5. The maximum atomic E-state index is 12.3. The smallest absolute Gasteiger partial charge is 0.225 e. The van der Waals surface area contributed by atoms with Crippen LogP contribution in [-0.4, -0.2) is 47.0 Å². The van der Waals surface area contributed by atoms with E-state index >= 15 is 0 Å². The molecule has 1 aromatic rings. The van der Waals surface area contributed by atoms with Gasteiger partial charge in [0, 0.05) is 31.5 Å². The molecular formula is C17H28N4OS. The molecule has 5 nitrogen and oxygen atoms in total. The van der Waals surface area contributed by atoms with E-state index in [0.717, 1.165) is 56.3 Å². The van der Waals surface area contributed by atoms with Crippen molar-refractivity contribution in [3.05, 3.63) is 18.0 Å². The lowest BCUT2D eigenvalue weighted by atomic mass is 9.97. The van der Waals surface area contributed by atoms with Crippen molar-refractivity contribution in [1.29, 1.82) is 0 Å². The van der Waals surface area contributed by atoms with Crippen LogP contribution in [0.4, 0.5) is 5.95 Å². The van der Waals surface area contributed by atoms with Crippen molar-refractivity contribution < 1.29 is 4.79 Å². The molecule has 0 aromatic carbocycles. The van der Waals surface area contributed by atoms with Crippen LogP contribution in [0.2, 0.25) is 0 Å². The van der Waals surface area contributed by atoms with Crippen LogP contribution in [0, 0.1) is 12.8 Å². The second kappa shape index (κ2) is 9.75. The van der Waals surface area contributed by atoms with Crippen LogP contribution in [0.1, 0.15) is 38.3 Å². The van der Waals surface area contributed by atoms with Crippen molar-refractivity contribution in [3.8, 4) is 0 Å². The lowest BCUT2D eigenvalue weighted by Crippen LogP contribution is -2.44. The Kier molecular flexibility index (Phi) is 7.65. The van der Waals surface area contributed by atoms with Gasteiger partial charge in [-0.15, -0.1) is 0 Å². The molecule has 0 aliphatic carbocycles. The SMILES string of the molecule is CCCSCCCNC(=O)C1CCCN(c2nccc(C)n2)C1. The lowest BCUT2D eigenvalue weighted by molar-refractivity contribution is -0.125. The monoisotopic (exact) mass is 336 g/mol. The Hall–Kier alpha value is -1.30. The maximum Gasteiger partial charge on any atom is 0.225 e. The van der Waals surface area contributed by atoms with Gasteiger partial charge in [-0.25, -0.2) is 9.97 Å². The highest BCUT2D eigenvalue weighted by atomic mass is 32.2. The van der Waals surface area contributed by atoms with E-state index in [4.69, 9.17) is 0 Å². The fourth-order valence-corrected chi connectivity index (χ4v) is 3.58. The first-order chi connectivity index (χ1) is 11.2. The summed E-state index contributed by atoms with van der Waals surface area (Å²) in [7, 11) is 0. The Labute approximate surface area is 143 Å². The van der Waals surface area contributed by atoms with Gasteiger partial charge in [-0.3, -0.25) is 4.79 Å². The van der Waals surface area contributed by atoms with Gasteiger partial charge >= 0.3 is 0 Å². The Balaban J connectivity index is 1.75. The van der Waals surface area contributed by atoms with Crippen LogP contribution in [0.15, 0.2) is 12.3 Å². The van der Waals surface area contributed by atoms with E-state index in [1.54, 1.807) is 6.20 Å². The number of piperidine rings is 1. The highest BCUT2D eigenvalue weighted by Crippen LogP contribution is 2.20. The fraction of sp³-hybridized carbons (Fsp3) is 0.706. The minimum Gasteiger partial charge on any atom is -0.356 e. The number of amides is 1. The number of thioether (sulfide) groups is 1. The molecule has 0 spiro atoms. The summed E-state index contributed by atoms with van der Waals surface area (Å²) in [5.41, 5.74) is 0.964. The Morgan fingerprint density at radius 1 is 1.48 bits per heavy atom. The van der Waals surface area contributed by atoms with Crippen molar-refractivity contribution in [1.82, 2.24) is 15.3 Å². The van der Waals surface area contributed by atoms with Gasteiger partial charge in [0.25, 0.3) is 0 Å². The first-order valence-electron chi connectivity index (χ1n) is 8.60. The first kappa shape index (κ1) is 18.0. The standard InChI is InChI=1S/C17H28N4OS/c1-3-11-23-12-5-8-18-16(22)15-6-4-10-21(13-15)17-19-9-7-14(2)20-17/h7,9,15H,3-6,8,10-13H2,1-2H3,(H,18,22). The molecule has 1 aromatic heterocycles. The second-order valence-electron chi connectivity index (χ2n) is 6.04. The zero-order valence-corrected chi connectivity index (χ0v) is 15.1. The van der Waals surface area contributed by atoms with Crippen LogP contribution in [0.25, 0.3) is 0 Å². The third-order valence-corrected chi connectivity index (χ3v) is 5.24. The van der Waals surface area contributed by atoms with Gasteiger partial charge in [-0.1, -0.05) is 6.92 Å². The number of carbonyl (C=O) groups is 1. The summed E-state index contributed by atoms with van der Waals surface area (Å²) in [4.78, 5) is 23.3. The molecule has 0 saturated carbocycles. The van der Waals surface area contributed by atoms with E-state index in [0.29, 0.717) is 0 Å². The number of anilines is 1. The molecule has 128 valence electrons. The third-order valence-electron chi connectivity index (χ3n) is 3.97. The van der Waals surface area contributed by atoms with E-state index < -0.39 is 0 Å². The summed E-state index contributed by atoms with van der Waals surface area (Å²) < 4.78 is 0. The average molecular weight is 337 g/mol. The van der Waals surface area contributed by atoms with Crippen LogP contribution in [0.5, 0.6) is 0 Å². The van der Waals surface area contributed by atoms with E-state index in [1.807, 2.05) is 24.8 Å². The van der Waals surface area contributed by atoms with Crippen molar-refractivity contribution in [3.63, 3.8) is 0 Å². The molecule has 23 heavy (non-hydrogen) atoms. The van der Waals surface area contributed by atoms with Crippen LogP contribution < -0.4 is 10.2 Å². The van der Waals surface area contributed by atoms with E-state index in [-0.39, 0.29) is 11.8 Å². The fourth-order valence-electron chi connectivity index (χ4n) is 2.74. The van der Waals surface area contributed by atoms with E-state index in [2.05, 4.69) is 27.1 Å². The van der Waals surface area contributed by atoms with Crippen LogP contribution >= 0.6 is 11.8 Å². The van der Waals surface area contributed by atoms with Gasteiger partial charge in [0.1, 0.15) is 0 Å². The molecule has 6 heteroatoms. The minimum atomic E-state index is 0.0520. The summed E-state index contributed by atoms with van der Waals surface area (Å²) in [5, 5.41) is 3.09. The normalized spacial score (nSPS) is 18.0. The number of aromatic nitrogens is 2. The number of hydrogen-bond donors (Lipinski definition) is 1. The predicted octanol–water partition coefficient (Wildman–Crippen LogP) is 2.65. The second-order valence-corrected chi connectivity index (χ2v) is 7.26. The van der Waals surface area contributed by atoms with Crippen molar-refractivity contribution in [2.75, 3.05) is 36.0 Å². The molecule has 1 N–H and O–H groups in total. The molecule has 0 radical (unpaired) electrons. The molecule has 1 unspecified atom stereocenters. The quantitative estimate of drug-likeness (QED) is 0.740. The van der Waals surface area contributed by atoms with Crippen molar-refractivity contribution in [2.24, 2.45) is 5.92 Å². The largest absolute Gasteiger partial charge is 0.356 e. The van der Waals surface area contributed by atoms with Crippen LogP contribution in [0.3, 0.4) is 0 Å². The Morgan fingerprint density at radius 3 is 3.13 bits per heavy atom. The average Bonchev–Trinajstić information content (AvgIpc) is 2.58. The first-order valence-corrected chi connectivity index (χ1v) is 9.76. The summed E-state index contributed by atoms with van der Waals surface area (Å²) in [5.74, 6) is 3.32. The molecule has 1 aliphatic heterocycles. The zero-order valence-electron chi connectivity index (χ0n) is 14.3. The number of rotatable bonds is 8. The molecule has 1 saturated heterocycles. The Morgan fingerprint density at radius 2 is 2.35 bits per heavy atom. The number of aryl methyl sites for hydroxylation is 1. The lowest BCUT2D eigenvalue weighted by Gasteiger charge is -2.32. The summed E-state index contributed by atoms with van der Waals surface area (Å²) in [6.45, 7) is 6.60. The van der Waals surface area contributed by atoms with Gasteiger partial charge in [-0.2, -0.15) is 11.8 Å². The minimum absolute atomic E-state index is 0.0520. The predicted molar refractivity (Wildman–Crippen MR) is 96.9 cm³/mol. The Bertz CT molecular complexity index is 497. The van der Waals surface area contributed by atoms with E-state index in [9.17, 15) is 4.79 Å². The summed E-state index contributed by atoms with van der Waals surface area (Å²) in [6, 6.07) is 1.90. The molecule has 1 fully saturated rings. The van der Waals surface area contributed by atoms with Crippen molar-refractivity contribution in [2.45, 2.75) is 39.5 Å². The maximum absolute atomic E-state index is 12.3. The van der Waals surface area contributed by atoms with Crippen LogP contribution in [-0.2, 0) is 4.79 Å². The highest BCUT2D eigenvalue weighted by Gasteiger charge is 2.26. The van der Waals surface area contributed by atoms with Crippen molar-refractivity contribution >= 4 is 23.6 Å². The number of nitrogens with one attached hydrogen (secondary N) is 1. The molecule has 2 heterocycles. The molecule has 1 aliphatic rings. The van der Waals surface area contributed by atoms with Gasteiger partial charge in [-0.05, 0) is 50.2 Å². The molecule has 2 rings (SSSR count). The van der Waals surface area contributed by atoms with Gasteiger partial charge in [0.15, 0.2) is 0 Å². The highest BCUT2D eigenvalue weighted by molar-refractivity contribution is 7.99. The topological polar surface area (TPSA) is 58.1 Å². The number of hydrogen-bond acceptors (Lipinski definition) is 5. The summed E-state index contributed by atoms with van der Waals surface area (Å²) in [6.07, 6.45) is 6.03. The molecule has 1 amide bonds. The van der Waals surface area contributed by atoms with Gasteiger partial charge in [0.05, 0.1) is 5.92 Å². The third kappa shape index (κ3) is 6.01. The summed E-state index contributed by atoms with van der Waals surface area (Å²) >= 11 is 1.96. The van der Waals surface area contributed by atoms with Gasteiger partial charge in [0.2, 0.25) is 11.9 Å². The molecule has 1 atom stereocenters. The van der Waals surface area contributed by atoms with Gasteiger partial charge < -0.3 is 10.2 Å². The molecular weight excluding hydrogens is 308 g/mol. The molecule has 0 bridgehead atoms. The number of nitrogens with zero attached hydrogens (tertiary/aromatic N) is 3. The van der Waals surface area contributed by atoms with E-state index in [1.165, 1.54) is 12.2 Å².